The highest BCUT2D eigenvalue weighted by atomic mass is 16.5. The third-order valence-corrected chi connectivity index (χ3v) is 4.48. The Kier molecular flexibility index (Phi) is 7.70. The highest BCUT2D eigenvalue weighted by Crippen LogP contribution is 2.24. The number of carboxylic acid groups (broad SMARTS) is 1. The molecule has 0 aliphatic carbocycles. The van der Waals surface area contributed by atoms with Crippen molar-refractivity contribution in [1.29, 1.82) is 0 Å². The van der Waals surface area contributed by atoms with E-state index in [1.807, 2.05) is 48.5 Å². The average Bonchev–Trinajstić information content (AvgIpc) is 2.73. The van der Waals surface area contributed by atoms with Crippen LogP contribution in [0.3, 0.4) is 0 Å². The Morgan fingerprint density at radius 2 is 1.50 bits per heavy atom. The van der Waals surface area contributed by atoms with Gasteiger partial charge in [0.15, 0.2) is 0 Å². The van der Waals surface area contributed by atoms with E-state index in [4.69, 9.17) is 9.84 Å². The highest BCUT2D eigenvalue weighted by Gasteiger charge is 2.09. The molecule has 0 atom stereocenters. The van der Waals surface area contributed by atoms with Gasteiger partial charge in [-0.3, -0.25) is 0 Å². The molecule has 0 heterocycles. The molecule has 4 heteroatoms. The van der Waals surface area contributed by atoms with Crippen LogP contribution < -0.4 is 4.74 Å². The molecule has 0 aliphatic heterocycles. The number of hydrogen-bond donors (Lipinski definition) is 1. The van der Waals surface area contributed by atoms with E-state index in [2.05, 4.69) is 27.0 Å². The third-order valence-electron chi connectivity index (χ3n) is 4.48. The molecule has 0 unspecified atom stereocenters. The standard InChI is InChI=1S/C13H10O2.C13H16O2/c1-9(13(14)15)11-8-4-6-10-5-2-3-7-12(10)11;1-9(2)11-5-7-12(8-6-11)15-13(14)10(3)4/h2-8H,1H2,(H,14,15);5-9H,3H2,1-2,4H3. The van der Waals surface area contributed by atoms with Crippen molar-refractivity contribution in [3.63, 3.8) is 0 Å². The number of carboxylic acids is 1. The van der Waals surface area contributed by atoms with Crippen LogP contribution in [-0.2, 0) is 9.59 Å². The SMILES string of the molecule is C=C(C(=O)O)c1cccc2ccccc12.C=C(C)C(=O)Oc1ccc(C(C)C)cc1. The molecule has 1 N–H and O–H groups in total. The van der Waals surface area contributed by atoms with Gasteiger partial charge in [0, 0.05) is 5.57 Å². The maximum atomic E-state index is 11.2. The predicted octanol–water partition coefficient (Wildman–Crippen LogP) is 6.23. The van der Waals surface area contributed by atoms with Crippen LogP contribution in [-0.4, -0.2) is 17.0 Å². The van der Waals surface area contributed by atoms with Crippen molar-refractivity contribution in [2.45, 2.75) is 26.7 Å². The molecule has 0 saturated carbocycles. The maximum Gasteiger partial charge on any atom is 0.338 e. The van der Waals surface area contributed by atoms with Crippen molar-refractivity contribution >= 4 is 28.3 Å². The van der Waals surface area contributed by atoms with Gasteiger partial charge in [-0.2, -0.15) is 0 Å². The topological polar surface area (TPSA) is 63.6 Å². The van der Waals surface area contributed by atoms with Gasteiger partial charge in [-0.1, -0.05) is 81.6 Å². The van der Waals surface area contributed by atoms with E-state index in [0.29, 0.717) is 22.8 Å². The second-order valence-electron chi connectivity index (χ2n) is 7.20. The molecular formula is C26H26O4. The predicted molar refractivity (Wildman–Crippen MR) is 122 cm³/mol. The summed E-state index contributed by atoms with van der Waals surface area (Å²) in [6.07, 6.45) is 0. The van der Waals surface area contributed by atoms with Crippen molar-refractivity contribution < 1.29 is 19.4 Å². The minimum atomic E-state index is -0.980. The van der Waals surface area contributed by atoms with Gasteiger partial charge >= 0.3 is 11.9 Å². The summed E-state index contributed by atoms with van der Waals surface area (Å²) in [5.41, 5.74) is 2.44. The summed E-state index contributed by atoms with van der Waals surface area (Å²) >= 11 is 0. The van der Waals surface area contributed by atoms with E-state index in [-0.39, 0.29) is 11.5 Å². The maximum absolute atomic E-state index is 11.2. The summed E-state index contributed by atoms with van der Waals surface area (Å²) in [6, 6.07) is 20.8. The molecule has 0 aliphatic rings. The fourth-order valence-corrected chi connectivity index (χ4v) is 2.72. The lowest BCUT2D eigenvalue weighted by Gasteiger charge is -2.07. The van der Waals surface area contributed by atoms with Crippen molar-refractivity contribution in [1.82, 2.24) is 0 Å². The lowest BCUT2D eigenvalue weighted by Crippen LogP contribution is -2.08. The average molecular weight is 402 g/mol. The molecule has 154 valence electrons. The Labute approximate surface area is 177 Å². The molecule has 4 nitrogen and oxygen atoms in total. The number of esters is 1. The zero-order valence-electron chi connectivity index (χ0n) is 17.5. The van der Waals surface area contributed by atoms with E-state index in [1.165, 1.54) is 5.56 Å². The van der Waals surface area contributed by atoms with Crippen LogP contribution in [0.2, 0.25) is 0 Å². The van der Waals surface area contributed by atoms with Crippen LogP contribution in [0.1, 0.15) is 37.8 Å². The van der Waals surface area contributed by atoms with E-state index in [1.54, 1.807) is 25.1 Å². The number of hydrogen-bond acceptors (Lipinski definition) is 3. The molecule has 0 spiro atoms. The van der Waals surface area contributed by atoms with Crippen LogP contribution in [0.25, 0.3) is 16.3 Å². The summed E-state index contributed by atoms with van der Waals surface area (Å²) in [5.74, 6) is -0.318. The van der Waals surface area contributed by atoms with Crippen molar-refractivity contribution in [2.75, 3.05) is 0 Å². The monoisotopic (exact) mass is 402 g/mol. The van der Waals surface area contributed by atoms with E-state index < -0.39 is 5.97 Å². The second kappa shape index (κ2) is 10.2. The van der Waals surface area contributed by atoms with Crippen LogP contribution in [0, 0.1) is 0 Å². The van der Waals surface area contributed by atoms with Crippen LogP contribution in [0.15, 0.2) is 85.5 Å². The van der Waals surface area contributed by atoms with E-state index in [0.717, 1.165) is 10.8 Å². The Morgan fingerprint density at radius 3 is 2.07 bits per heavy atom. The van der Waals surface area contributed by atoms with Crippen LogP contribution >= 0.6 is 0 Å². The molecule has 0 fully saturated rings. The zero-order valence-corrected chi connectivity index (χ0v) is 17.5. The highest BCUT2D eigenvalue weighted by molar-refractivity contribution is 6.18. The zero-order chi connectivity index (χ0) is 22.3. The van der Waals surface area contributed by atoms with E-state index >= 15 is 0 Å². The van der Waals surface area contributed by atoms with Crippen molar-refractivity contribution in [2.24, 2.45) is 0 Å². The quantitative estimate of drug-likeness (QED) is 0.312. The molecule has 0 bridgehead atoms. The largest absolute Gasteiger partial charge is 0.478 e. The summed E-state index contributed by atoms with van der Waals surface area (Å²) in [5, 5.41) is 10.8. The van der Waals surface area contributed by atoms with Crippen molar-refractivity contribution in [3.8, 4) is 5.75 Å². The molecular weight excluding hydrogens is 376 g/mol. The first kappa shape index (κ1) is 22.6. The Bertz CT molecular complexity index is 1070. The number of rotatable bonds is 5. The fourth-order valence-electron chi connectivity index (χ4n) is 2.72. The molecule has 30 heavy (non-hydrogen) atoms. The summed E-state index contributed by atoms with van der Waals surface area (Å²) in [4.78, 5) is 22.1. The minimum Gasteiger partial charge on any atom is -0.478 e. The summed E-state index contributed by atoms with van der Waals surface area (Å²) in [7, 11) is 0. The van der Waals surface area contributed by atoms with E-state index in [9.17, 15) is 9.59 Å². The second-order valence-corrected chi connectivity index (χ2v) is 7.20. The Balaban J connectivity index is 0.000000214. The van der Waals surface area contributed by atoms with Gasteiger partial charge in [0.25, 0.3) is 0 Å². The molecule has 3 aromatic rings. The lowest BCUT2D eigenvalue weighted by atomic mass is 9.99. The molecule has 0 radical (unpaired) electrons. The fraction of sp³-hybridized carbons (Fsp3) is 0.154. The smallest absolute Gasteiger partial charge is 0.338 e. The third kappa shape index (κ3) is 5.92. The van der Waals surface area contributed by atoms with Gasteiger partial charge in [0.2, 0.25) is 0 Å². The Hall–Kier alpha value is -3.66. The van der Waals surface area contributed by atoms with Gasteiger partial charge in [-0.25, -0.2) is 9.59 Å². The first-order chi connectivity index (χ1) is 14.2. The normalized spacial score (nSPS) is 10.1. The van der Waals surface area contributed by atoms with Crippen LogP contribution in [0.5, 0.6) is 5.75 Å². The van der Waals surface area contributed by atoms with Gasteiger partial charge in [0.1, 0.15) is 5.75 Å². The number of carbonyl (C=O) groups excluding carboxylic acids is 1. The van der Waals surface area contributed by atoms with Gasteiger partial charge in [-0.05, 0) is 46.9 Å². The van der Waals surface area contributed by atoms with Crippen molar-refractivity contribution in [3.05, 3.63) is 96.6 Å². The molecule has 3 rings (SSSR count). The Morgan fingerprint density at radius 1 is 0.900 bits per heavy atom. The molecule has 3 aromatic carbocycles. The molecule has 0 saturated heterocycles. The minimum absolute atomic E-state index is 0.131. The number of carbonyl (C=O) groups is 2. The summed E-state index contributed by atoms with van der Waals surface area (Å²) < 4.78 is 5.07. The molecule has 0 aromatic heterocycles. The molecule has 0 amide bonds. The van der Waals surface area contributed by atoms with Gasteiger partial charge in [-0.15, -0.1) is 0 Å². The van der Waals surface area contributed by atoms with Gasteiger partial charge in [0.05, 0.1) is 5.57 Å². The lowest BCUT2D eigenvalue weighted by molar-refractivity contribution is -0.131. The van der Waals surface area contributed by atoms with Gasteiger partial charge < -0.3 is 9.84 Å². The first-order valence-electron chi connectivity index (χ1n) is 9.58. The van der Waals surface area contributed by atoms with Crippen LogP contribution in [0.4, 0.5) is 0 Å². The number of ether oxygens (including phenoxy) is 1. The number of benzene rings is 3. The summed E-state index contributed by atoms with van der Waals surface area (Å²) in [6.45, 7) is 13.0. The number of aliphatic carboxylic acids is 1. The first-order valence-corrected chi connectivity index (χ1v) is 9.58. The number of fused-ring (bicyclic) bond motifs is 1.